The van der Waals surface area contributed by atoms with Gasteiger partial charge in [0.1, 0.15) is 0 Å². The first-order valence-corrected chi connectivity index (χ1v) is 5.54. The first-order valence-electron chi connectivity index (χ1n) is 5.54. The number of guanidine groups is 1. The van der Waals surface area contributed by atoms with Crippen molar-refractivity contribution in [3.8, 4) is 0 Å². The first-order chi connectivity index (χ1) is 7.70. The van der Waals surface area contributed by atoms with Gasteiger partial charge < -0.3 is 16.4 Å². The summed E-state index contributed by atoms with van der Waals surface area (Å²) in [4.78, 5) is 6.31. The van der Waals surface area contributed by atoms with Crippen LogP contribution in [0.2, 0.25) is 0 Å². The van der Waals surface area contributed by atoms with E-state index >= 15 is 0 Å². The molecule has 0 aliphatic carbocycles. The van der Waals surface area contributed by atoms with Crippen molar-refractivity contribution in [3.63, 3.8) is 0 Å². The fraction of sp³-hybridized carbons (Fsp3) is 0.417. The van der Waals surface area contributed by atoms with Crippen LogP contribution in [0.5, 0.6) is 0 Å². The highest BCUT2D eigenvalue weighted by Gasteiger charge is 2.19. The van der Waals surface area contributed by atoms with Crippen LogP contribution in [0.3, 0.4) is 0 Å². The van der Waals surface area contributed by atoms with Crippen LogP contribution in [0.4, 0.5) is 0 Å². The van der Waals surface area contributed by atoms with Crippen LogP contribution in [0.25, 0.3) is 0 Å². The third kappa shape index (κ3) is 2.17. The van der Waals surface area contributed by atoms with Crippen LogP contribution in [0, 0.1) is 6.92 Å². The van der Waals surface area contributed by atoms with E-state index in [0.29, 0.717) is 19.0 Å². The molecule has 4 heteroatoms. The minimum Gasteiger partial charge on any atom is -0.370 e. The number of hydrogen-bond donors (Lipinski definition) is 2. The average molecular weight is 218 g/mol. The second-order valence-corrected chi connectivity index (χ2v) is 4.16. The summed E-state index contributed by atoms with van der Waals surface area (Å²) in [6.07, 6.45) is 0. The van der Waals surface area contributed by atoms with E-state index in [9.17, 15) is 0 Å². The van der Waals surface area contributed by atoms with Gasteiger partial charge in [-0.3, -0.25) is 4.99 Å². The van der Waals surface area contributed by atoms with Crippen LogP contribution in [0.15, 0.2) is 23.2 Å². The molecular weight excluding hydrogens is 200 g/mol. The standard InChI is InChI=1S/C12H18N4/c1-9-2-3-10-7-16(8-11(10)6-9)12(14)15-5-4-13/h2-3,6H,4-5,7-8,13H2,1H3,(H2,14,15). The molecule has 2 rings (SSSR count). The summed E-state index contributed by atoms with van der Waals surface area (Å²) in [5.41, 5.74) is 15.3. The van der Waals surface area contributed by atoms with Crippen LogP contribution in [-0.4, -0.2) is 23.9 Å². The molecule has 0 saturated carbocycles. The van der Waals surface area contributed by atoms with Gasteiger partial charge in [0.2, 0.25) is 0 Å². The van der Waals surface area contributed by atoms with Gasteiger partial charge in [-0.1, -0.05) is 23.8 Å². The zero-order valence-electron chi connectivity index (χ0n) is 9.61. The highest BCUT2D eigenvalue weighted by molar-refractivity contribution is 5.78. The van der Waals surface area contributed by atoms with Gasteiger partial charge in [-0.05, 0) is 18.1 Å². The average Bonchev–Trinajstić information content (AvgIpc) is 2.68. The summed E-state index contributed by atoms with van der Waals surface area (Å²) in [5, 5.41) is 0. The van der Waals surface area contributed by atoms with Gasteiger partial charge in [-0.25, -0.2) is 0 Å². The molecular formula is C12H18N4. The van der Waals surface area contributed by atoms with Gasteiger partial charge in [0, 0.05) is 19.6 Å². The second-order valence-electron chi connectivity index (χ2n) is 4.16. The fourth-order valence-corrected chi connectivity index (χ4v) is 1.96. The smallest absolute Gasteiger partial charge is 0.191 e. The Morgan fingerprint density at radius 3 is 2.88 bits per heavy atom. The molecule has 4 nitrogen and oxygen atoms in total. The lowest BCUT2D eigenvalue weighted by Crippen LogP contribution is -2.33. The number of fused-ring (bicyclic) bond motifs is 1. The lowest BCUT2D eigenvalue weighted by atomic mass is 10.1. The third-order valence-electron chi connectivity index (χ3n) is 2.81. The number of rotatable bonds is 2. The van der Waals surface area contributed by atoms with Gasteiger partial charge in [0.15, 0.2) is 5.96 Å². The zero-order chi connectivity index (χ0) is 11.5. The molecule has 0 aromatic heterocycles. The topological polar surface area (TPSA) is 67.6 Å². The summed E-state index contributed by atoms with van der Waals surface area (Å²) < 4.78 is 0. The minimum atomic E-state index is 0.542. The van der Waals surface area contributed by atoms with Crippen LogP contribution in [-0.2, 0) is 13.1 Å². The van der Waals surface area contributed by atoms with Gasteiger partial charge in [0.25, 0.3) is 0 Å². The zero-order valence-corrected chi connectivity index (χ0v) is 9.61. The first kappa shape index (κ1) is 11.0. The number of aliphatic imine (C=N–C) groups is 1. The van der Waals surface area contributed by atoms with Gasteiger partial charge >= 0.3 is 0 Å². The molecule has 0 saturated heterocycles. The Morgan fingerprint density at radius 1 is 1.38 bits per heavy atom. The lowest BCUT2D eigenvalue weighted by molar-refractivity contribution is 0.440. The van der Waals surface area contributed by atoms with Crippen LogP contribution < -0.4 is 11.5 Å². The maximum absolute atomic E-state index is 5.90. The van der Waals surface area contributed by atoms with E-state index in [2.05, 4.69) is 35.0 Å². The fourth-order valence-electron chi connectivity index (χ4n) is 1.96. The third-order valence-corrected chi connectivity index (χ3v) is 2.81. The van der Waals surface area contributed by atoms with Gasteiger partial charge in [0.05, 0.1) is 6.54 Å². The highest BCUT2D eigenvalue weighted by atomic mass is 15.3. The largest absolute Gasteiger partial charge is 0.370 e. The number of nitrogens with two attached hydrogens (primary N) is 2. The summed E-state index contributed by atoms with van der Waals surface area (Å²) in [6, 6.07) is 6.52. The van der Waals surface area contributed by atoms with Crippen molar-refractivity contribution in [2.24, 2.45) is 16.5 Å². The van der Waals surface area contributed by atoms with E-state index in [1.165, 1.54) is 16.7 Å². The highest BCUT2D eigenvalue weighted by Crippen LogP contribution is 2.23. The number of benzene rings is 1. The summed E-state index contributed by atoms with van der Waals surface area (Å²) in [6.45, 7) is 4.96. The summed E-state index contributed by atoms with van der Waals surface area (Å²) in [5.74, 6) is 0.597. The normalized spacial score (nSPS) is 15.4. The molecule has 0 radical (unpaired) electrons. The quantitative estimate of drug-likeness (QED) is 0.564. The van der Waals surface area contributed by atoms with Crippen molar-refractivity contribution in [3.05, 3.63) is 34.9 Å². The maximum Gasteiger partial charge on any atom is 0.191 e. The Hall–Kier alpha value is -1.55. The molecule has 1 aromatic rings. The Balaban J connectivity index is 2.10. The molecule has 0 amide bonds. The summed E-state index contributed by atoms with van der Waals surface area (Å²) in [7, 11) is 0. The second kappa shape index (κ2) is 4.53. The van der Waals surface area contributed by atoms with Crippen molar-refractivity contribution in [1.82, 2.24) is 4.90 Å². The number of aryl methyl sites for hydroxylation is 1. The van der Waals surface area contributed by atoms with Crippen molar-refractivity contribution in [2.75, 3.05) is 13.1 Å². The molecule has 0 unspecified atom stereocenters. The van der Waals surface area contributed by atoms with E-state index in [0.717, 1.165) is 13.1 Å². The van der Waals surface area contributed by atoms with E-state index in [-0.39, 0.29) is 0 Å². The minimum absolute atomic E-state index is 0.542. The molecule has 1 aliphatic rings. The van der Waals surface area contributed by atoms with Crippen LogP contribution >= 0.6 is 0 Å². The molecule has 0 spiro atoms. The predicted molar refractivity (Wildman–Crippen MR) is 66.0 cm³/mol. The lowest BCUT2D eigenvalue weighted by Gasteiger charge is -2.15. The molecule has 0 atom stereocenters. The summed E-state index contributed by atoms with van der Waals surface area (Å²) >= 11 is 0. The molecule has 1 aliphatic heterocycles. The van der Waals surface area contributed by atoms with Gasteiger partial charge in [-0.15, -0.1) is 0 Å². The van der Waals surface area contributed by atoms with E-state index in [1.54, 1.807) is 0 Å². The Labute approximate surface area is 96.0 Å². The van der Waals surface area contributed by atoms with Crippen LogP contribution in [0.1, 0.15) is 16.7 Å². The number of nitrogens with zero attached hydrogens (tertiary/aromatic N) is 2. The van der Waals surface area contributed by atoms with Crippen molar-refractivity contribution in [1.29, 1.82) is 0 Å². The molecule has 16 heavy (non-hydrogen) atoms. The molecule has 1 aromatic carbocycles. The molecule has 1 heterocycles. The monoisotopic (exact) mass is 218 g/mol. The predicted octanol–water partition coefficient (Wildman–Crippen LogP) is 0.584. The van der Waals surface area contributed by atoms with E-state index in [4.69, 9.17) is 11.5 Å². The Morgan fingerprint density at radius 2 is 2.12 bits per heavy atom. The SMILES string of the molecule is Cc1ccc2c(c1)CN(C(N)=NCCN)C2. The van der Waals surface area contributed by atoms with Crippen molar-refractivity contribution < 1.29 is 0 Å². The Kier molecular flexibility index (Phi) is 3.10. The van der Waals surface area contributed by atoms with Crippen molar-refractivity contribution >= 4 is 5.96 Å². The molecule has 0 fully saturated rings. The van der Waals surface area contributed by atoms with Gasteiger partial charge in [-0.2, -0.15) is 0 Å². The van der Waals surface area contributed by atoms with E-state index < -0.39 is 0 Å². The molecule has 86 valence electrons. The van der Waals surface area contributed by atoms with Crippen molar-refractivity contribution in [2.45, 2.75) is 20.0 Å². The molecule has 0 bridgehead atoms. The number of hydrogen-bond acceptors (Lipinski definition) is 2. The molecule has 4 N–H and O–H groups in total. The van der Waals surface area contributed by atoms with E-state index in [1.807, 2.05) is 0 Å². The Bertz CT molecular complexity index is 411. The maximum atomic E-state index is 5.90.